The first kappa shape index (κ1) is 18.1. The van der Waals surface area contributed by atoms with Crippen molar-refractivity contribution in [3.05, 3.63) is 81.1 Å². The molecule has 0 unspecified atom stereocenters. The number of halogens is 2. The lowest BCUT2D eigenvalue weighted by Crippen LogP contribution is -2.29. The highest BCUT2D eigenvalue weighted by atomic mass is 19.2. The van der Waals surface area contributed by atoms with Gasteiger partial charge in [-0.15, -0.1) is 0 Å². The largest absolute Gasteiger partial charge is 0.319 e. The number of aromatic amines is 1. The maximum atomic E-state index is 14.2. The number of H-pyrrole nitrogens is 1. The Balaban J connectivity index is 0.00000240. The first-order chi connectivity index (χ1) is 13.4. The summed E-state index contributed by atoms with van der Waals surface area (Å²) in [6.07, 6.45) is 1.72. The number of aromatic nitrogens is 2. The Kier molecular flexibility index (Phi) is 4.36. The third-order valence-corrected chi connectivity index (χ3v) is 4.92. The van der Waals surface area contributed by atoms with E-state index in [1.807, 2.05) is 24.0 Å². The van der Waals surface area contributed by atoms with Gasteiger partial charge in [-0.05, 0) is 36.8 Å². The van der Waals surface area contributed by atoms with Crippen LogP contribution in [-0.2, 0) is 6.54 Å². The van der Waals surface area contributed by atoms with Gasteiger partial charge in [-0.1, -0.05) is 19.6 Å². The van der Waals surface area contributed by atoms with Crippen LogP contribution in [0.1, 0.15) is 33.3 Å². The highest BCUT2D eigenvalue weighted by molar-refractivity contribution is 5.84. The fraction of sp³-hybridized carbons (Fsp3) is 0.227. The fourth-order valence-electron chi connectivity index (χ4n) is 3.60. The van der Waals surface area contributed by atoms with Crippen molar-refractivity contribution >= 4 is 22.3 Å². The van der Waals surface area contributed by atoms with Gasteiger partial charge in [0, 0.05) is 36.1 Å². The minimum Gasteiger partial charge on any atom is -0.319 e. The van der Waals surface area contributed by atoms with Gasteiger partial charge in [0.2, 0.25) is 5.56 Å². The SMILES string of the molecule is CC1=C=C(C(C)C)N(Cc2cc(=O)[nH]c3c(F)c(F)ccc23)c2ncccc21.[HH]. The molecule has 3 heterocycles. The van der Waals surface area contributed by atoms with Crippen molar-refractivity contribution in [1.82, 2.24) is 9.97 Å². The number of nitrogens with zero attached hydrogens (tertiary/aromatic N) is 2. The van der Waals surface area contributed by atoms with E-state index < -0.39 is 17.2 Å². The van der Waals surface area contributed by atoms with Gasteiger partial charge in [-0.3, -0.25) is 4.79 Å². The van der Waals surface area contributed by atoms with Gasteiger partial charge in [-0.25, -0.2) is 13.8 Å². The lowest BCUT2D eigenvalue weighted by molar-refractivity contribution is 0.515. The molecule has 144 valence electrons. The summed E-state index contributed by atoms with van der Waals surface area (Å²) in [5.41, 5.74) is 6.29. The number of benzene rings is 1. The lowest BCUT2D eigenvalue weighted by atomic mass is 9.99. The molecule has 1 aromatic carbocycles. The van der Waals surface area contributed by atoms with Crippen molar-refractivity contribution in [2.45, 2.75) is 27.3 Å². The van der Waals surface area contributed by atoms with E-state index >= 15 is 0 Å². The molecular formula is C22H21F2N3O. The van der Waals surface area contributed by atoms with Crippen LogP contribution in [0.25, 0.3) is 16.5 Å². The van der Waals surface area contributed by atoms with E-state index in [0.29, 0.717) is 17.5 Å². The zero-order chi connectivity index (χ0) is 20.0. The average Bonchev–Trinajstić information content (AvgIpc) is 2.67. The van der Waals surface area contributed by atoms with Crippen LogP contribution in [0, 0.1) is 17.6 Å². The maximum Gasteiger partial charge on any atom is 0.248 e. The van der Waals surface area contributed by atoms with Gasteiger partial charge >= 0.3 is 0 Å². The molecule has 6 heteroatoms. The molecule has 0 spiro atoms. The zero-order valence-electron chi connectivity index (χ0n) is 15.8. The van der Waals surface area contributed by atoms with Gasteiger partial charge in [-0.2, -0.15) is 0 Å². The van der Waals surface area contributed by atoms with E-state index in [9.17, 15) is 13.6 Å². The number of allylic oxidation sites excluding steroid dienone is 1. The van der Waals surface area contributed by atoms with Crippen molar-refractivity contribution in [2.24, 2.45) is 5.92 Å². The molecule has 1 N–H and O–H groups in total. The van der Waals surface area contributed by atoms with Crippen LogP contribution < -0.4 is 10.5 Å². The Morgan fingerprint density at radius 2 is 2.07 bits per heavy atom. The highest BCUT2D eigenvalue weighted by Gasteiger charge is 2.25. The third kappa shape index (κ3) is 2.92. The fourth-order valence-corrected chi connectivity index (χ4v) is 3.60. The summed E-state index contributed by atoms with van der Waals surface area (Å²) in [5.74, 6) is -1.12. The summed E-state index contributed by atoms with van der Waals surface area (Å²) in [7, 11) is 0. The van der Waals surface area contributed by atoms with E-state index in [0.717, 1.165) is 28.7 Å². The summed E-state index contributed by atoms with van der Waals surface area (Å²) in [6.45, 7) is 6.40. The first-order valence-corrected chi connectivity index (χ1v) is 9.07. The quantitative estimate of drug-likeness (QED) is 0.649. The van der Waals surface area contributed by atoms with Gasteiger partial charge < -0.3 is 9.88 Å². The van der Waals surface area contributed by atoms with Crippen molar-refractivity contribution in [3.63, 3.8) is 0 Å². The van der Waals surface area contributed by atoms with Gasteiger partial charge in [0.05, 0.1) is 17.8 Å². The van der Waals surface area contributed by atoms with Crippen LogP contribution >= 0.6 is 0 Å². The molecule has 0 radical (unpaired) electrons. The topological polar surface area (TPSA) is 49.0 Å². The summed E-state index contributed by atoms with van der Waals surface area (Å²) in [5, 5.41) is 0.463. The van der Waals surface area contributed by atoms with Gasteiger partial charge in [0.25, 0.3) is 0 Å². The number of hydrogen-bond acceptors (Lipinski definition) is 3. The standard InChI is InChI=1S/C22H19F2N3O.H2/c1-12(2)18-9-13(3)15-5-4-8-25-22(15)27(18)11-14-10-19(28)26-21-16(14)6-7-17(23)20(21)24;/h4-8,10,12H,11H2,1-3H3,(H,26,28);1H. The Morgan fingerprint density at radius 3 is 2.82 bits per heavy atom. The number of hydrogen-bond donors (Lipinski definition) is 1. The maximum absolute atomic E-state index is 14.2. The van der Waals surface area contributed by atoms with E-state index in [2.05, 4.69) is 29.5 Å². The summed E-state index contributed by atoms with van der Waals surface area (Å²) < 4.78 is 27.9. The molecule has 28 heavy (non-hydrogen) atoms. The van der Waals surface area contributed by atoms with Gasteiger partial charge in [0.1, 0.15) is 5.82 Å². The molecule has 1 aliphatic rings. The van der Waals surface area contributed by atoms with Crippen LogP contribution in [0.2, 0.25) is 0 Å². The predicted molar refractivity (Wildman–Crippen MR) is 108 cm³/mol. The average molecular weight is 381 g/mol. The Labute approximate surface area is 162 Å². The molecule has 2 aromatic heterocycles. The van der Waals surface area contributed by atoms with Crippen LogP contribution in [0.5, 0.6) is 0 Å². The number of anilines is 1. The Morgan fingerprint density at radius 1 is 1.29 bits per heavy atom. The summed E-state index contributed by atoms with van der Waals surface area (Å²) in [6, 6.07) is 7.82. The van der Waals surface area contributed by atoms with E-state index in [-0.39, 0.29) is 12.9 Å². The molecule has 4 nitrogen and oxygen atoms in total. The van der Waals surface area contributed by atoms with Crippen LogP contribution in [0.15, 0.2) is 52.8 Å². The van der Waals surface area contributed by atoms with Crippen molar-refractivity contribution in [3.8, 4) is 0 Å². The number of rotatable bonds is 3. The molecular weight excluding hydrogens is 360 g/mol. The predicted octanol–water partition coefficient (Wildman–Crippen LogP) is 5.01. The molecule has 0 bridgehead atoms. The number of fused-ring (bicyclic) bond motifs is 2. The molecule has 3 aromatic rings. The smallest absolute Gasteiger partial charge is 0.248 e. The van der Waals surface area contributed by atoms with Gasteiger partial charge in [0.15, 0.2) is 11.6 Å². The molecule has 0 amide bonds. The minimum absolute atomic E-state index is 0. The monoisotopic (exact) mass is 381 g/mol. The molecule has 1 aliphatic heterocycles. The number of nitrogens with one attached hydrogen (secondary N) is 1. The van der Waals surface area contributed by atoms with Crippen molar-refractivity contribution in [2.75, 3.05) is 4.90 Å². The third-order valence-electron chi connectivity index (χ3n) is 4.92. The molecule has 4 rings (SSSR count). The molecule has 0 atom stereocenters. The molecule has 0 saturated carbocycles. The second-order valence-corrected chi connectivity index (χ2v) is 7.19. The van der Waals surface area contributed by atoms with E-state index in [1.54, 1.807) is 6.20 Å². The Hall–Kier alpha value is -3.24. The second-order valence-electron chi connectivity index (χ2n) is 7.19. The van der Waals surface area contributed by atoms with E-state index in [4.69, 9.17) is 0 Å². The first-order valence-electron chi connectivity index (χ1n) is 9.07. The molecule has 0 fully saturated rings. The molecule has 0 aliphatic carbocycles. The van der Waals surface area contributed by atoms with Crippen LogP contribution in [0.3, 0.4) is 0 Å². The zero-order valence-corrected chi connectivity index (χ0v) is 15.8. The van der Waals surface area contributed by atoms with E-state index in [1.165, 1.54) is 12.1 Å². The van der Waals surface area contributed by atoms with Crippen LogP contribution in [-0.4, -0.2) is 9.97 Å². The lowest BCUT2D eigenvalue weighted by Gasteiger charge is -2.32. The highest BCUT2D eigenvalue weighted by Crippen LogP contribution is 2.35. The Bertz CT molecular complexity index is 1230. The summed E-state index contributed by atoms with van der Waals surface area (Å²) >= 11 is 0. The van der Waals surface area contributed by atoms with Crippen molar-refractivity contribution in [1.29, 1.82) is 0 Å². The normalized spacial score (nSPS) is 13.6. The minimum atomic E-state index is -1.05. The molecule has 0 saturated heterocycles. The van der Waals surface area contributed by atoms with Crippen LogP contribution in [0.4, 0.5) is 14.6 Å². The second kappa shape index (κ2) is 6.73. The number of pyridine rings is 2. The summed E-state index contributed by atoms with van der Waals surface area (Å²) in [4.78, 5) is 21.0. The van der Waals surface area contributed by atoms with Crippen molar-refractivity contribution < 1.29 is 10.2 Å².